The van der Waals surface area contributed by atoms with Crippen molar-refractivity contribution >= 4 is 17.7 Å². The van der Waals surface area contributed by atoms with E-state index in [9.17, 15) is 4.79 Å². The van der Waals surface area contributed by atoms with Gasteiger partial charge >= 0.3 is 0 Å². The molecule has 1 aromatic heterocycles. The number of aryl methyl sites for hydroxylation is 2. The summed E-state index contributed by atoms with van der Waals surface area (Å²) in [4.78, 5) is 17.4. The molecule has 6 heteroatoms. The summed E-state index contributed by atoms with van der Waals surface area (Å²) in [7, 11) is 0. The Morgan fingerprint density at radius 3 is 2.73 bits per heavy atom. The maximum absolute atomic E-state index is 12.1. The van der Waals surface area contributed by atoms with Gasteiger partial charge in [0.25, 0.3) is 0 Å². The molecule has 0 fully saturated rings. The van der Waals surface area contributed by atoms with Crippen LogP contribution in [0.1, 0.15) is 31.1 Å². The van der Waals surface area contributed by atoms with Crippen LogP contribution in [0.3, 0.4) is 0 Å². The molecule has 0 aliphatic heterocycles. The minimum absolute atomic E-state index is 0.0183. The average molecular weight is 319 g/mol. The summed E-state index contributed by atoms with van der Waals surface area (Å²) >= 11 is 1.55. The second kappa shape index (κ2) is 7.98. The molecule has 0 unspecified atom stereocenters. The van der Waals surface area contributed by atoms with Crippen LogP contribution in [0.4, 0.5) is 0 Å². The van der Waals surface area contributed by atoms with Gasteiger partial charge in [0.05, 0.1) is 5.25 Å². The highest BCUT2D eigenvalue weighted by molar-refractivity contribution is 8.00. The molecule has 1 heterocycles. The fourth-order valence-electron chi connectivity index (χ4n) is 1.85. The molecule has 1 N–H and O–H groups in total. The number of hydrogen-bond acceptors (Lipinski definition) is 5. The molecular weight excluding hydrogens is 298 g/mol. The molecule has 2 aromatic rings. The molecule has 0 saturated heterocycles. The number of hydrogen-bond donors (Lipinski definition) is 1. The quantitative estimate of drug-likeness (QED) is 0.795. The minimum atomic E-state index is -0.140. The van der Waals surface area contributed by atoms with Gasteiger partial charge in [-0.3, -0.25) is 4.79 Å². The van der Waals surface area contributed by atoms with E-state index in [1.54, 1.807) is 11.8 Å². The molecule has 118 valence electrons. The van der Waals surface area contributed by atoms with Crippen LogP contribution >= 0.6 is 11.8 Å². The maximum Gasteiger partial charge on any atom is 0.233 e. The molecule has 22 heavy (non-hydrogen) atoms. The molecule has 0 spiro atoms. The Labute approximate surface area is 134 Å². The molecule has 2 rings (SSSR count). The second-order valence-corrected chi connectivity index (χ2v) is 6.49. The summed E-state index contributed by atoms with van der Waals surface area (Å²) in [5.74, 6) is 1.28. The summed E-state index contributed by atoms with van der Waals surface area (Å²) in [6.07, 6.45) is 1.31. The van der Waals surface area contributed by atoms with E-state index in [1.165, 1.54) is 5.56 Å². The van der Waals surface area contributed by atoms with Crippen LogP contribution in [-0.2, 0) is 17.6 Å². The lowest BCUT2D eigenvalue weighted by atomic mass is 10.2. The van der Waals surface area contributed by atoms with E-state index in [0.717, 1.165) is 11.3 Å². The Balaban J connectivity index is 1.75. The fourth-order valence-corrected chi connectivity index (χ4v) is 2.74. The lowest BCUT2D eigenvalue weighted by Gasteiger charge is -2.11. The topological polar surface area (TPSA) is 68.0 Å². The first-order valence-electron chi connectivity index (χ1n) is 7.41. The van der Waals surface area contributed by atoms with Gasteiger partial charge in [0.2, 0.25) is 11.8 Å². The molecule has 5 nitrogen and oxygen atoms in total. The van der Waals surface area contributed by atoms with E-state index in [0.29, 0.717) is 24.7 Å². The minimum Gasteiger partial charge on any atom is -0.355 e. The number of rotatable bonds is 7. The van der Waals surface area contributed by atoms with Gasteiger partial charge in [-0.05, 0) is 26.0 Å². The highest BCUT2D eigenvalue weighted by Crippen LogP contribution is 2.23. The monoisotopic (exact) mass is 319 g/mol. The van der Waals surface area contributed by atoms with Gasteiger partial charge < -0.3 is 9.84 Å². The highest BCUT2D eigenvalue weighted by Gasteiger charge is 2.14. The van der Waals surface area contributed by atoms with E-state index in [4.69, 9.17) is 4.52 Å². The van der Waals surface area contributed by atoms with Crippen LogP contribution in [0.15, 0.2) is 33.7 Å². The third-order valence-corrected chi connectivity index (χ3v) is 4.28. The van der Waals surface area contributed by atoms with Crippen molar-refractivity contribution in [2.24, 2.45) is 0 Å². The lowest BCUT2D eigenvalue weighted by Crippen LogP contribution is -2.32. The van der Waals surface area contributed by atoms with Crippen molar-refractivity contribution < 1.29 is 9.32 Å². The number of carbonyl (C=O) groups excluding carboxylic acids is 1. The summed E-state index contributed by atoms with van der Waals surface area (Å²) in [5, 5.41) is 6.63. The van der Waals surface area contributed by atoms with Gasteiger partial charge in [-0.25, -0.2) is 0 Å². The number of carbonyl (C=O) groups is 1. The maximum atomic E-state index is 12.1. The zero-order chi connectivity index (χ0) is 15.9. The van der Waals surface area contributed by atoms with E-state index >= 15 is 0 Å². The summed E-state index contributed by atoms with van der Waals surface area (Å²) in [6, 6.07) is 8.17. The van der Waals surface area contributed by atoms with Crippen molar-refractivity contribution in [1.82, 2.24) is 15.5 Å². The number of nitrogens with one attached hydrogen (secondary N) is 1. The Bertz CT molecular complexity index is 610. The Morgan fingerprint density at radius 2 is 2.09 bits per heavy atom. The average Bonchev–Trinajstić information content (AvgIpc) is 2.97. The fraction of sp³-hybridized carbons (Fsp3) is 0.438. The third-order valence-electron chi connectivity index (χ3n) is 3.16. The van der Waals surface area contributed by atoms with E-state index < -0.39 is 0 Å². The standard InChI is InChI=1S/C16H21N3O2S/c1-4-15-18-14(19-21-15)9-10-17-16(20)12(3)22-13-7-5-11(2)6-8-13/h5-8,12H,4,9-10H2,1-3H3,(H,17,20)/t12-/m0/s1. The van der Waals surface area contributed by atoms with Crippen LogP contribution in [0.25, 0.3) is 0 Å². The van der Waals surface area contributed by atoms with Crippen molar-refractivity contribution in [2.75, 3.05) is 6.54 Å². The Hall–Kier alpha value is -1.82. The first kappa shape index (κ1) is 16.5. The van der Waals surface area contributed by atoms with E-state index in [-0.39, 0.29) is 11.2 Å². The zero-order valence-electron chi connectivity index (χ0n) is 13.1. The van der Waals surface area contributed by atoms with Crippen molar-refractivity contribution in [3.05, 3.63) is 41.5 Å². The predicted molar refractivity (Wildman–Crippen MR) is 86.9 cm³/mol. The van der Waals surface area contributed by atoms with Crippen LogP contribution < -0.4 is 5.32 Å². The largest absolute Gasteiger partial charge is 0.355 e. The van der Waals surface area contributed by atoms with Gasteiger partial charge in [-0.2, -0.15) is 4.98 Å². The summed E-state index contributed by atoms with van der Waals surface area (Å²) < 4.78 is 5.03. The number of amides is 1. The molecular formula is C16H21N3O2S. The van der Waals surface area contributed by atoms with E-state index in [2.05, 4.69) is 27.6 Å². The van der Waals surface area contributed by atoms with Crippen molar-refractivity contribution in [2.45, 2.75) is 43.8 Å². The van der Waals surface area contributed by atoms with Crippen LogP contribution in [0.5, 0.6) is 0 Å². The summed E-state index contributed by atoms with van der Waals surface area (Å²) in [6.45, 7) is 6.43. The molecule has 0 aliphatic rings. The van der Waals surface area contributed by atoms with Gasteiger partial charge in [0.1, 0.15) is 0 Å². The number of benzene rings is 1. The van der Waals surface area contributed by atoms with Gasteiger partial charge in [0.15, 0.2) is 5.82 Å². The number of thioether (sulfide) groups is 1. The van der Waals surface area contributed by atoms with Crippen LogP contribution in [0, 0.1) is 6.92 Å². The third kappa shape index (κ3) is 4.87. The number of nitrogens with zero attached hydrogens (tertiary/aromatic N) is 2. The Morgan fingerprint density at radius 1 is 1.36 bits per heavy atom. The molecule has 1 atom stereocenters. The predicted octanol–water partition coefficient (Wildman–Crippen LogP) is 2.78. The van der Waals surface area contributed by atoms with Crippen molar-refractivity contribution in [3.8, 4) is 0 Å². The van der Waals surface area contributed by atoms with Crippen LogP contribution in [-0.4, -0.2) is 27.8 Å². The van der Waals surface area contributed by atoms with Crippen molar-refractivity contribution in [3.63, 3.8) is 0 Å². The molecule has 1 aromatic carbocycles. The zero-order valence-corrected chi connectivity index (χ0v) is 13.9. The van der Waals surface area contributed by atoms with Crippen molar-refractivity contribution in [1.29, 1.82) is 0 Å². The van der Waals surface area contributed by atoms with Gasteiger partial charge in [0, 0.05) is 24.3 Å². The first-order valence-corrected chi connectivity index (χ1v) is 8.29. The first-order chi connectivity index (χ1) is 10.6. The smallest absolute Gasteiger partial charge is 0.233 e. The molecule has 1 amide bonds. The van der Waals surface area contributed by atoms with Crippen LogP contribution in [0.2, 0.25) is 0 Å². The normalized spacial score (nSPS) is 12.1. The van der Waals surface area contributed by atoms with E-state index in [1.807, 2.05) is 32.9 Å². The van der Waals surface area contributed by atoms with Gasteiger partial charge in [-0.15, -0.1) is 11.8 Å². The molecule has 0 aliphatic carbocycles. The number of aromatic nitrogens is 2. The molecule has 0 bridgehead atoms. The summed E-state index contributed by atoms with van der Waals surface area (Å²) in [5.41, 5.74) is 1.22. The Kier molecular flexibility index (Phi) is 6.00. The highest BCUT2D eigenvalue weighted by atomic mass is 32.2. The second-order valence-electron chi connectivity index (χ2n) is 5.07. The lowest BCUT2D eigenvalue weighted by molar-refractivity contribution is -0.120. The molecule has 0 radical (unpaired) electrons. The van der Waals surface area contributed by atoms with Gasteiger partial charge in [-0.1, -0.05) is 29.8 Å². The molecule has 0 saturated carbocycles. The SMILES string of the molecule is CCc1nc(CCNC(=O)[C@H](C)Sc2ccc(C)cc2)no1.